The standard InChI is InChI=1S/C18H18BrN3/c19-17-6-3-4-15(12-17)14-21-8-10-22(11-9-21)18-7-2-1-5-16(18)13-20/h1-7,12H,8-11,14H2. The second kappa shape index (κ2) is 6.95. The maximum absolute atomic E-state index is 9.23. The minimum atomic E-state index is 0.767. The number of nitriles is 1. The van der Waals surface area contributed by atoms with Gasteiger partial charge in [0, 0.05) is 37.2 Å². The number of benzene rings is 2. The number of para-hydroxylation sites is 1. The van der Waals surface area contributed by atoms with E-state index in [9.17, 15) is 5.26 Å². The van der Waals surface area contributed by atoms with E-state index in [2.05, 4.69) is 56.1 Å². The summed E-state index contributed by atoms with van der Waals surface area (Å²) in [6, 6.07) is 18.6. The first-order chi connectivity index (χ1) is 10.8. The number of hydrogen-bond donors (Lipinski definition) is 0. The quantitative estimate of drug-likeness (QED) is 0.841. The summed E-state index contributed by atoms with van der Waals surface area (Å²) in [7, 11) is 0. The van der Waals surface area contributed by atoms with Crippen LogP contribution in [-0.4, -0.2) is 31.1 Å². The summed E-state index contributed by atoms with van der Waals surface area (Å²) in [6.45, 7) is 4.95. The molecule has 0 radical (unpaired) electrons. The van der Waals surface area contributed by atoms with Gasteiger partial charge in [-0.25, -0.2) is 0 Å². The predicted molar refractivity (Wildman–Crippen MR) is 92.8 cm³/mol. The lowest BCUT2D eigenvalue weighted by Gasteiger charge is -2.36. The van der Waals surface area contributed by atoms with E-state index in [1.165, 1.54) is 5.56 Å². The van der Waals surface area contributed by atoms with Crippen molar-refractivity contribution in [2.75, 3.05) is 31.1 Å². The summed E-state index contributed by atoms with van der Waals surface area (Å²) in [4.78, 5) is 4.78. The van der Waals surface area contributed by atoms with Gasteiger partial charge >= 0.3 is 0 Å². The first kappa shape index (κ1) is 15.1. The van der Waals surface area contributed by atoms with Crippen molar-refractivity contribution in [3.05, 3.63) is 64.1 Å². The van der Waals surface area contributed by atoms with Crippen molar-refractivity contribution in [1.29, 1.82) is 5.26 Å². The summed E-state index contributed by atoms with van der Waals surface area (Å²) in [5, 5.41) is 9.23. The van der Waals surface area contributed by atoms with Crippen molar-refractivity contribution in [2.45, 2.75) is 6.54 Å². The van der Waals surface area contributed by atoms with Crippen LogP contribution in [0.1, 0.15) is 11.1 Å². The van der Waals surface area contributed by atoms with Crippen molar-refractivity contribution in [3.8, 4) is 6.07 Å². The van der Waals surface area contributed by atoms with Crippen LogP contribution in [0.2, 0.25) is 0 Å². The van der Waals surface area contributed by atoms with Crippen LogP contribution in [0.15, 0.2) is 53.0 Å². The third-order valence-electron chi connectivity index (χ3n) is 4.03. The molecule has 1 aliphatic rings. The van der Waals surface area contributed by atoms with E-state index in [0.717, 1.165) is 48.4 Å². The fourth-order valence-corrected chi connectivity index (χ4v) is 3.33. The molecular formula is C18H18BrN3. The maximum Gasteiger partial charge on any atom is 0.101 e. The summed E-state index contributed by atoms with van der Waals surface area (Å²) in [6.07, 6.45) is 0. The molecule has 3 rings (SSSR count). The lowest BCUT2D eigenvalue weighted by atomic mass is 10.1. The van der Waals surface area contributed by atoms with Gasteiger partial charge < -0.3 is 4.90 Å². The molecule has 1 fully saturated rings. The minimum Gasteiger partial charge on any atom is -0.368 e. The van der Waals surface area contributed by atoms with Crippen LogP contribution < -0.4 is 4.90 Å². The van der Waals surface area contributed by atoms with Crippen molar-refractivity contribution in [3.63, 3.8) is 0 Å². The molecule has 4 heteroatoms. The van der Waals surface area contributed by atoms with Gasteiger partial charge in [-0.15, -0.1) is 0 Å². The molecule has 0 bridgehead atoms. The van der Waals surface area contributed by atoms with Gasteiger partial charge in [-0.3, -0.25) is 4.90 Å². The van der Waals surface area contributed by atoms with Crippen LogP contribution in [0, 0.1) is 11.3 Å². The molecule has 0 amide bonds. The molecule has 0 atom stereocenters. The van der Waals surface area contributed by atoms with Crippen LogP contribution in [0.5, 0.6) is 0 Å². The molecule has 1 saturated heterocycles. The Morgan fingerprint density at radius 3 is 2.50 bits per heavy atom. The second-order valence-electron chi connectivity index (χ2n) is 5.52. The van der Waals surface area contributed by atoms with Crippen molar-refractivity contribution < 1.29 is 0 Å². The lowest BCUT2D eigenvalue weighted by molar-refractivity contribution is 0.250. The number of anilines is 1. The number of hydrogen-bond acceptors (Lipinski definition) is 3. The Bertz CT molecular complexity index is 685. The van der Waals surface area contributed by atoms with Crippen molar-refractivity contribution in [1.82, 2.24) is 4.90 Å². The smallest absolute Gasteiger partial charge is 0.101 e. The van der Waals surface area contributed by atoms with Gasteiger partial charge in [0.1, 0.15) is 6.07 Å². The highest BCUT2D eigenvalue weighted by molar-refractivity contribution is 9.10. The third-order valence-corrected chi connectivity index (χ3v) is 4.53. The average Bonchev–Trinajstić information content (AvgIpc) is 2.56. The normalized spacial score (nSPS) is 15.5. The van der Waals surface area contributed by atoms with Gasteiger partial charge in [0.25, 0.3) is 0 Å². The fourth-order valence-electron chi connectivity index (χ4n) is 2.88. The van der Waals surface area contributed by atoms with E-state index in [-0.39, 0.29) is 0 Å². The molecule has 0 aromatic heterocycles. The molecule has 2 aromatic rings. The molecule has 0 unspecified atom stereocenters. The molecule has 0 spiro atoms. The highest BCUT2D eigenvalue weighted by atomic mass is 79.9. The van der Waals surface area contributed by atoms with Gasteiger partial charge in [-0.1, -0.05) is 40.2 Å². The van der Waals surface area contributed by atoms with Gasteiger partial charge in [0.15, 0.2) is 0 Å². The topological polar surface area (TPSA) is 30.3 Å². The van der Waals surface area contributed by atoms with E-state index >= 15 is 0 Å². The first-order valence-corrected chi connectivity index (χ1v) is 8.26. The van der Waals surface area contributed by atoms with E-state index in [4.69, 9.17) is 0 Å². The highest BCUT2D eigenvalue weighted by Crippen LogP contribution is 2.22. The zero-order chi connectivity index (χ0) is 15.4. The van der Waals surface area contributed by atoms with Crippen LogP contribution in [0.4, 0.5) is 5.69 Å². The van der Waals surface area contributed by atoms with Gasteiger partial charge in [-0.2, -0.15) is 5.26 Å². The van der Waals surface area contributed by atoms with E-state index < -0.39 is 0 Å². The monoisotopic (exact) mass is 355 g/mol. The molecule has 0 saturated carbocycles. The summed E-state index contributed by atoms with van der Waals surface area (Å²) in [5.41, 5.74) is 3.16. The molecule has 3 nitrogen and oxygen atoms in total. The second-order valence-corrected chi connectivity index (χ2v) is 6.44. The fraction of sp³-hybridized carbons (Fsp3) is 0.278. The van der Waals surface area contributed by atoms with Crippen molar-refractivity contribution in [2.24, 2.45) is 0 Å². The average molecular weight is 356 g/mol. The molecule has 112 valence electrons. The zero-order valence-corrected chi connectivity index (χ0v) is 14.0. The Balaban J connectivity index is 1.62. The summed E-state index contributed by atoms with van der Waals surface area (Å²) < 4.78 is 1.13. The third kappa shape index (κ3) is 3.49. The Hall–Kier alpha value is -1.83. The van der Waals surface area contributed by atoms with E-state index in [0.29, 0.717) is 0 Å². The van der Waals surface area contributed by atoms with Crippen LogP contribution in [0.25, 0.3) is 0 Å². The number of halogens is 1. The predicted octanol–water partition coefficient (Wildman–Crippen LogP) is 3.64. The Morgan fingerprint density at radius 1 is 1.00 bits per heavy atom. The van der Waals surface area contributed by atoms with Crippen LogP contribution in [-0.2, 0) is 6.54 Å². The van der Waals surface area contributed by atoms with E-state index in [1.54, 1.807) is 0 Å². The lowest BCUT2D eigenvalue weighted by Crippen LogP contribution is -2.46. The van der Waals surface area contributed by atoms with E-state index in [1.807, 2.05) is 24.3 Å². The molecule has 2 aromatic carbocycles. The van der Waals surface area contributed by atoms with Gasteiger partial charge in [0.05, 0.1) is 11.3 Å². The molecule has 1 heterocycles. The Kier molecular flexibility index (Phi) is 4.77. The Labute approximate surface area is 139 Å². The number of nitrogens with zero attached hydrogens (tertiary/aromatic N) is 3. The molecule has 1 aliphatic heterocycles. The highest BCUT2D eigenvalue weighted by Gasteiger charge is 2.19. The number of rotatable bonds is 3. The summed E-state index contributed by atoms with van der Waals surface area (Å²) >= 11 is 3.53. The molecule has 22 heavy (non-hydrogen) atoms. The molecule has 0 N–H and O–H groups in total. The molecule has 0 aliphatic carbocycles. The summed E-state index contributed by atoms with van der Waals surface area (Å²) in [5.74, 6) is 0. The van der Waals surface area contributed by atoms with Gasteiger partial charge in [-0.05, 0) is 29.8 Å². The Morgan fingerprint density at radius 2 is 1.77 bits per heavy atom. The minimum absolute atomic E-state index is 0.767. The molecular weight excluding hydrogens is 338 g/mol. The maximum atomic E-state index is 9.23. The largest absolute Gasteiger partial charge is 0.368 e. The van der Waals surface area contributed by atoms with Gasteiger partial charge in [0.2, 0.25) is 0 Å². The van der Waals surface area contributed by atoms with Crippen LogP contribution in [0.3, 0.4) is 0 Å². The SMILES string of the molecule is N#Cc1ccccc1N1CCN(Cc2cccc(Br)c2)CC1. The number of piperazine rings is 1. The first-order valence-electron chi connectivity index (χ1n) is 7.47. The zero-order valence-electron chi connectivity index (χ0n) is 12.4. The van der Waals surface area contributed by atoms with Crippen molar-refractivity contribution >= 4 is 21.6 Å². The van der Waals surface area contributed by atoms with Crippen LogP contribution >= 0.6 is 15.9 Å².